The number of hydrogen-bond acceptors (Lipinski definition) is 1. The summed E-state index contributed by atoms with van der Waals surface area (Å²) in [6, 6.07) is 0. The van der Waals surface area contributed by atoms with Crippen molar-refractivity contribution in [3.8, 4) is 0 Å². The van der Waals surface area contributed by atoms with Gasteiger partial charge in [0.1, 0.15) is 0 Å². The van der Waals surface area contributed by atoms with E-state index in [1.165, 1.54) is 0 Å². The van der Waals surface area contributed by atoms with E-state index in [1.54, 1.807) is 0 Å². The molecule has 1 aromatic heterocycles. The smallest absolute Gasteiger partial charge is 0.166 e. The molecule has 12 heavy (non-hydrogen) atoms. The van der Waals surface area contributed by atoms with Crippen molar-refractivity contribution >= 4 is 38.9 Å². The average Bonchev–Trinajstić information content (AvgIpc) is 2.29. The third kappa shape index (κ3) is 1.95. The minimum absolute atomic E-state index is 0.0648. The lowest BCUT2D eigenvalue weighted by Gasteiger charge is -2.03. The molecule has 68 valence electrons. The van der Waals surface area contributed by atoms with Crippen molar-refractivity contribution < 1.29 is 13.2 Å². The summed E-state index contributed by atoms with van der Waals surface area (Å²) in [5.74, 6) is 0.0985. The minimum Gasteiger partial charge on any atom is -0.166 e. The molecule has 1 aromatic rings. The van der Waals surface area contributed by atoms with Crippen molar-refractivity contribution in [2.75, 3.05) is 0 Å². The minimum atomic E-state index is -4.29. The molecule has 0 amide bonds. The van der Waals surface area contributed by atoms with Gasteiger partial charge in [-0.15, -0.1) is 22.9 Å². The monoisotopic (exact) mass is 278 g/mol. The van der Waals surface area contributed by atoms with E-state index in [1.807, 2.05) is 0 Å². The number of rotatable bonds is 1. The van der Waals surface area contributed by atoms with Crippen LogP contribution >= 0.6 is 38.9 Å². The maximum atomic E-state index is 12.1. The van der Waals surface area contributed by atoms with Crippen LogP contribution in [0.4, 0.5) is 13.2 Å². The highest BCUT2D eigenvalue weighted by Crippen LogP contribution is 2.40. The molecule has 0 nitrogen and oxygen atoms in total. The van der Waals surface area contributed by atoms with Gasteiger partial charge in [-0.05, 0) is 15.9 Å². The zero-order valence-electron chi connectivity index (χ0n) is 5.58. The predicted octanol–water partition coefficient (Wildman–Crippen LogP) is 4.27. The van der Waals surface area contributed by atoms with Crippen molar-refractivity contribution in [1.29, 1.82) is 0 Å². The molecule has 0 atom stereocenters. The second-order valence-electron chi connectivity index (χ2n) is 2.02. The van der Waals surface area contributed by atoms with Gasteiger partial charge < -0.3 is 0 Å². The van der Waals surface area contributed by atoms with Crippen LogP contribution in [0.2, 0.25) is 0 Å². The lowest BCUT2D eigenvalue weighted by atomic mass is 10.3. The maximum absolute atomic E-state index is 12.1. The number of halogens is 5. The van der Waals surface area contributed by atoms with E-state index < -0.39 is 11.7 Å². The van der Waals surface area contributed by atoms with E-state index in [-0.39, 0.29) is 10.4 Å². The number of thiophene rings is 1. The molecule has 0 unspecified atom stereocenters. The van der Waals surface area contributed by atoms with Crippen LogP contribution in [0, 0.1) is 0 Å². The molecule has 0 saturated heterocycles. The van der Waals surface area contributed by atoms with Crippen LogP contribution in [-0.2, 0) is 12.1 Å². The molecule has 0 aliphatic heterocycles. The maximum Gasteiger partial charge on any atom is 0.418 e. The summed E-state index contributed by atoms with van der Waals surface area (Å²) < 4.78 is 36.5. The first-order valence-electron chi connectivity index (χ1n) is 2.86. The number of hydrogen-bond donors (Lipinski definition) is 0. The molecular formula is C6H3BrClF3S. The van der Waals surface area contributed by atoms with Crippen LogP contribution in [0.15, 0.2) is 9.85 Å². The Morgan fingerprint density at radius 2 is 2.08 bits per heavy atom. The summed E-state index contributed by atoms with van der Waals surface area (Å²) in [4.78, 5) is 0.504. The van der Waals surface area contributed by atoms with Crippen LogP contribution < -0.4 is 0 Å². The molecule has 0 aromatic carbocycles. The Labute approximate surface area is 84.5 Å². The van der Waals surface area contributed by atoms with E-state index in [9.17, 15) is 13.2 Å². The van der Waals surface area contributed by atoms with Gasteiger partial charge in [-0.25, -0.2) is 0 Å². The molecule has 0 N–H and O–H groups in total. The van der Waals surface area contributed by atoms with Gasteiger partial charge in [-0.1, -0.05) is 0 Å². The zero-order chi connectivity index (χ0) is 9.35. The van der Waals surface area contributed by atoms with Crippen molar-refractivity contribution in [2.24, 2.45) is 0 Å². The van der Waals surface area contributed by atoms with Crippen LogP contribution in [0.25, 0.3) is 0 Å². The van der Waals surface area contributed by atoms with Gasteiger partial charge in [0.25, 0.3) is 0 Å². The standard InChI is InChI=1S/C6H3BrClF3S/c7-5-3(6(9,10)11)2-12-4(5)1-8/h2H,1H2. The van der Waals surface area contributed by atoms with E-state index in [2.05, 4.69) is 15.9 Å². The molecule has 0 radical (unpaired) electrons. The quantitative estimate of drug-likeness (QED) is 0.674. The second kappa shape index (κ2) is 3.55. The van der Waals surface area contributed by atoms with Gasteiger partial charge >= 0.3 is 6.18 Å². The Morgan fingerprint density at radius 1 is 1.50 bits per heavy atom. The van der Waals surface area contributed by atoms with Crippen LogP contribution in [0.1, 0.15) is 10.4 Å². The third-order valence-corrected chi connectivity index (χ3v) is 3.81. The highest BCUT2D eigenvalue weighted by molar-refractivity contribution is 9.10. The molecule has 0 spiro atoms. The molecular weight excluding hydrogens is 276 g/mol. The second-order valence-corrected chi connectivity index (χ2v) is 4.04. The summed E-state index contributed by atoms with van der Waals surface area (Å²) in [5.41, 5.74) is -0.650. The van der Waals surface area contributed by atoms with Gasteiger partial charge in [-0.2, -0.15) is 13.2 Å². The summed E-state index contributed by atoms with van der Waals surface area (Å²) in [5, 5.41) is 1.06. The number of alkyl halides is 4. The Morgan fingerprint density at radius 3 is 2.33 bits per heavy atom. The summed E-state index contributed by atoms with van der Waals surface area (Å²) in [7, 11) is 0. The van der Waals surface area contributed by atoms with E-state index in [0.717, 1.165) is 16.7 Å². The zero-order valence-corrected chi connectivity index (χ0v) is 8.74. The molecule has 1 rings (SSSR count). The largest absolute Gasteiger partial charge is 0.418 e. The Bertz CT molecular complexity index is 281. The fourth-order valence-corrected chi connectivity index (χ4v) is 2.85. The van der Waals surface area contributed by atoms with Crippen LogP contribution in [0.3, 0.4) is 0 Å². The average molecular weight is 280 g/mol. The topological polar surface area (TPSA) is 0 Å². The van der Waals surface area contributed by atoms with Gasteiger partial charge in [0.2, 0.25) is 0 Å². The SMILES string of the molecule is FC(F)(F)c1csc(CCl)c1Br. The predicted molar refractivity (Wildman–Crippen MR) is 46.6 cm³/mol. The fourth-order valence-electron chi connectivity index (χ4n) is 0.665. The Balaban J connectivity index is 3.11. The highest BCUT2D eigenvalue weighted by atomic mass is 79.9. The van der Waals surface area contributed by atoms with E-state index in [4.69, 9.17) is 11.6 Å². The fraction of sp³-hybridized carbons (Fsp3) is 0.333. The Kier molecular flexibility index (Phi) is 3.06. The lowest BCUT2D eigenvalue weighted by molar-refractivity contribution is -0.137. The van der Waals surface area contributed by atoms with Crippen molar-refractivity contribution in [3.63, 3.8) is 0 Å². The van der Waals surface area contributed by atoms with Crippen LogP contribution in [0.5, 0.6) is 0 Å². The lowest BCUT2D eigenvalue weighted by Crippen LogP contribution is -2.03. The van der Waals surface area contributed by atoms with Gasteiger partial charge in [-0.3, -0.25) is 0 Å². The Hall–Kier alpha value is 0.260. The van der Waals surface area contributed by atoms with Crippen molar-refractivity contribution in [1.82, 2.24) is 0 Å². The molecule has 0 fully saturated rings. The molecule has 1 heterocycles. The first-order chi connectivity index (χ1) is 5.46. The first-order valence-corrected chi connectivity index (χ1v) is 5.06. The van der Waals surface area contributed by atoms with Gasteiger partial charge in [0, 0.05) is 14.7 Å². The molecule has 0 bridgehead atoms. The third-order valence-electron chi connectivity index (χ3n) is 1.23. The first kappa shape index (κ1) is 10.3. The normalized spacial score (nSPS) is 12.1. The molecule has 0 aliphatic carbocycles. The summed E-state index contributed by atoms with van der Waals surface area (Å²) in [6.45, 7) is 0. The van der Waals surface area contributed by atoms with Gasteiger partial charge in [0.05, 0.1) is 11.4 Å². The molecule has 0 aliphatic rings. The summed E-state index contributed by atoms with van der Waals surface area (Å²) >= 11 is 9.27. The van der Waals surface area contributed by atoms with Gasteiger partial charge in [0.15, 0.2) is 0 Å². The van der Waals surface area contributed by atoms with Crippen molar-refractivity contribution in [3.05, 3.63) is 20.3 Å². The molecule has 0 saturated carbocycles. The van der Waals surface area contributed by atoms with Crippen molar-refractivity contribution in [2.45, 2.75) is 12.1 Å². The summed E-state index contributed by atoms with van der Waals surface area (Å²) in [6.07, 6.45) is -4.29. The van der Waals surface area contributed by atoms with Crippen LogP contribution in [-0.4, -0.2) is 0 Å². The molecule has 6 heteroatoms. The van der Waals surface area contributed by atoms with E-state index in [0.29, 0.717) is 4.88 Å². The highest BCUT2D eigenvalue weighted by Gasteiger charge is 2.34. The van der Waals surface area contributed by atoms with E-state index >= 15 is 0 Å².